The van der Waals surface area contributed by atoms with Crippen LogP contribution >= 0.6 is 0 Å². The minimum absolute atomic E-state index is 0.0502. The lowest BCUT2D eigenvalue weighted by molar-refractivity contribution is -0.136. The van der Waals surface area contributed by atoms with Gasteiger partial charge in [-0.1, -0.05) is 0 Å². The summed E-state index contributed by atoms with van der Waals surface area (Å²) in [6.45, 7) is 2.38. The lowest BCUT2D eigenvalue weighted by atomic mass is 9.97. The van der Waals surface area contributed by atoms with E-state index in [1.807, 2.05) is 4.90 Å². The number of carbonyl (C=O) groups is 1. The third-order valence-corrected chi connectivity index (χ3v) is 4.69. The SMILES string of the molecule is NS(=O)(=O)NCC1CCCN(C(=O)CC2CCCCO2)C1. The molecule has 0 aromatic rings. The van der Waals surface area contributed by atoms with Crippen molar-refractivity contribution in [3.05, 3.63) is 0 Å². The number of nitrogens with one attached hydrogen (secondary N) is 1. The molecule has 0 aliphatic carbocycles. The lowest BCUT2D eigenvalue weighted by Gasteiger charge is -2.34. The molecule has 2 aliphatic rings. The van der Waals surface area contributed by atoms with E-state index in [9.17, 15) is 13.2 Å². The zero-order valence-electron chi connectivity index (χ0n) is 12.3. The van der Waals surface area contributed by atoms with Crippen LogP contribution < -0.4 is 9.86 Å². The Bertz CT molecular complexity index is 448. The Balaban J connectivity index is 1.78. The average molecular weight is 319 g/mol. The quantitative estimate of drug-likeness (QED) is 0.743. The van der Waals surface area contributed by atoms with E-state index in [0.717, 1.165) is 45.3 Å². The van der Waals surface area contributed by atoms with Gasteiger partial charge in [0.05, 0.1) is 12.5 Å². The Labute approximate surface area is 126 Å². The molecule has 0 spiro atoms. The predicted octanol–water partition coefficient (Wildman–Crippen LogP) is -0.0227. The maximum atomic E-state index is 12.3. The topological polar surface area (TPSA) is 102 Å². The molecule has 0 saturated carbocycles. The third-order valence-electron chi connectivity index (χ3n) is 4.12. The number of carbonyl (C=O) groups excluding carboxylic acids is 1. The number of hydrogen-bond donors (Lipinski definition) is 2. The molecular weight excluding hydrogens is 294 g/mol. The van der Waals surface area contributed by atoms with Gasteiger partial charge in [-0.15, -0.1) is 0 Å². The van der Waals surface area contributed by atoms with E-state index in [-0.39, 0.29) is 17.9 Å². The Morgan fingerprint density at radius 1 is 1.29 bits per heavy atom. The standard InChI is InChI=1S/C13H25N3O4S/c14-21(18,19)15-9-11-4-3-6-16(10-11)13(17)8-12-5-1-2-7-20-12/h11-12,15H,1-10H2,(H2,14,18,19). The highest BCUT2D eigenvalue weighted by molar-refractivity contribution is 7.87. The first-order valence-electron chi connectivity index (χ1n) is 7.61. The Morgan fingerprint density at radius 3 is 2.76 bits per heavy atom. The van der Waals surface area contributed by atoms with E-state index < -0.39 is 10.2 Å². The molecule has 0 bridgehead atoms. The minimum Gasteiger partial charge on any atom is -0.378 e. The summed E-state index contributed by atoms with van der Waals surface area (Å²) in [6.07, 6.45) is 5.45. The van der Waals surface area contributed by atoms with Crippen molar-refractivity contribution in [3.8, 4) is 0 Å². The zero-order valence-corrected chi connectivity index (χ0v) is 13.1. The number of likely N-dealkylation sites (tertiary alicyclic amines) is 1. The fourth-order valence-corrected chi connectivity index (χ4v) is 3.45. The molecule has 21 heavy (non-hydrogen) atoms. The maximum absolute atomic E-state index is 12.3. The van der Waals surface area contributed by atoms with Gasteiger partial charge < -0.3 is 9.64 Å². The van der Waals surface area contributed by atoms with E-state index in [1.54, 1.807) is 0 Å². The van der Waals surface area contributed by atoms with Crippen LogP contribution in [-0.2, 0) is 19.7 Å². The van der Waals surface area contributed by atoms with Crippen molar-refractivity contribution in [3.63, 3.8) is 0 Å². The van der Waals surface area contributed by atoms with Gasteiger partial charge >= 0.3 is 0 Å². The second-order valence-corrected chi connectivity index (χ2v) is 7.31. The summed E-state index contributed by atoms with van der Waals surface area (Å²) in [5.74, 6) is 0.246. The molecule has 1 amide bonds. The van der Waals surface area contributed by atoms with Crippen LogP contribution in [0.1, 0.15) is 38.5 Å². The highest BCUT2D eigenvalue weighted by Gasteiger charge is 2.26. The summed E-state index contributed by atoms with van der Waals surface area (Å²) >= 11 is 0. The van der Waals surface area contributed by atoms with Crippen LogP contribution in [0.4, 0.5) is 0 Å². The van der Waals surface area contributed by atoms with Crippen molar-refractivity contribution in [1.82, 2.24) is 9.62 Å². The van der Waals surface area contributed by atoms with Gasteiger partial charge in [-0.2, -0.15) is 8.42 Å². The van der Waals surface area contributed by atoms with Crippen molar-refractivity contribution < 1.29 is 17.9 Å². The van der Waals surface area contributed by atoms with Gasteiger partial charge in [0, 0.05) is 26.2 Å². The molecule has 0 radical (unpaired) electrons. The molecule has 2 fully saturated rings. The summed E-state index contributed by atoms with van der Waals surface area (Å²) in [7, 11) is -3.66. The van der Waals surface area contributed by atoms with Gasteiger partial charge in [-0.3, -0.25) is 4.79 Å². The first-order valence-corrected chi connectivity index (χ1v) is 9.15. The van der Waals surface area contributed by atoms with Gasteiger partial charge in [0.25, 0.3) is 10.2 Å². The molecule has 2 atom stereocenters. The van der Waals surface area contributed by atoms with E-state index in [2.05, 4.69) is 4.72 Å². The predicted molar refractivity (Wildman–Crippen MR) is 78.6 cm³/mol. The lowest BCUT2D eigenvalue weighted by Crippen LogP contribution is -2.45. The van der Waals surface area contributed by atoms with Gasteiger partial charge in [-0.25, -0.2) is 9.86 Å². The van der Waals surface area contributed by atoms with Gasteiger partial charge in [0.15, 0.2) is 0 Å². The molecule has 3 N–H and O–H groups in total. The average Bonchev–Trinajstić information content (AvgIpc) is 2.46. The minimum atomic E-state index is -3.66. The first kappa shape index (κ1) is 16.7. The van der Waals surface area contributed by atoms with E-state index in [4.69, 9.17) is 9.88 Å². The fraction of sp³-hybridized carbons (Fsp3) is 0.923. The monoisotopic (exact) mass is 319 g/mol. The van der Waals surface area contributed by atoms with Crippen molar-refractivity contribution in [1.29, 1.82) is 0 Å². The summed E-state index contributed by atoms with van der Waals surface area (Å²) in [6, 6.07) is 0. The molecule has 122 valence electrons. The van der Waals surface area contributed by atoms with Crippen molar-refractivity contribution in [2.75, 3.05) is 26.2 Å². The van der Waals surface area contributed by atoms with Crippen LogP contribution in [0.3, 0.4) is 0 Å². The first-order chi connectivity index (χ1) is 9.94. The second kappa shape index (κ2) is 7.53. The van der Waals surface area contributed by atoms with E-state index in [1.165, 1.54) is 0 Å². The molecular formula is C13H25N3O4S. The van der Waals surface area contributed by atoms with Crippen LogP contribution in [0.2, 0.25) is 0 Å². The molecule has 7 nitrogen and oxygen atoms in total. The number of rotatable bonds is 5. The summed E-state index contributed by atoms with van der Waals surface area (Å²) in [5, 5.41) is 4.93. The van der Waals surface area contributed by atoms with Gasteiger partial charge in [-0.05, 0) is 38.0 Å². The number of ether oxygens (including phenoxy) is 1. The van der Waals surface area contributed by atoms with Crippen molar-refractivity contribution in [2.24, 2.45) is 11.1 Å². The highest BCUT2D eigenvalue weighted by Crippen LogP contribution is 2.20. The van der Waals surface area contributed by atoms with Gasteiger partial charge in [0.1, 0.15) is 0 Å². The van der Waals surface area contributed by atoms with Crippen LogP contribution in [0.5, 0.6) is 0 Å². The molecule has 2 heterocycles. The Kier molecular flexibility index (Phi) is 5.98. The highest BCUT2D eigenvalue weighted by atomic mass is 32.2. The second-order valence-electron chi connectivity index (χ2n) is 5.93. The number of amides is 1. The molecule has 0 aromatic carbocycles. The number of hydrogen-bond acceptors (Lipinski definition) is 4. The molecule has 8 heteroatoms. The molecule has 2 saturated heterocycles. The molecule has 0 aromatic heterocycles. The normalized spacial score (nSPS) is 27.6. The molecule has 2 unspecified atom stereocenters. The maximum Gasteiger partial charge on any atom is 0.274 e. The Hall–Kier alpha value is -0.700. The smallest absolute Gasteiger partial charge is 0.274 e. The third kappa shape index (κ3) is 5.90. The number of piperidine rings is 1. The summed E-state index contributed by atoms with van der Waals surface area (Å²) < 4.78 is 29.8. The van der Waals surface area contributed by atoms with E-state index in [0.29, 0.717) is 19.5 Å². The molecule has 2 aliphatic heterocycles. The van der Waals surface area contributed by atoms with Crippen molar-refractivity contribution >= 4 is 16.1 Å². The molecule has 2 rings (SSSR count). The summed E-state index contributed by atoms with van der Waals surface area (Å²) in [5.41, 5.74) is 0. The number of nitrogens with zero attached hydrogens (tertiary/aromatic N) is 1. The number of nitrogens with two attached hydrogens (primary N) is 1. The van der Waals surface area contributed by atoms with Crippen molar-refractivity contribution in [2.45, 2.75) is 44.6 Å². The Morgan fingerprint density at radius 2 is 2.10 bits per heavy atom. The van der Waals surface area contributed by atoms with Crippen LogP contribution in [0.25, 0.3) is 0 Å². The van der Waals surface area contributed by atoms with Crippen LogP contribution in [0, 0.1) is 5.92 Å². The zero-order chi connectivity index (χ0) is 15.3. The van der Waals surface area contributed by atoms with Crippen LogP contribution in [0.15, 0.2) is 0 Å². The van der Waals surface area contributed by atoms with Gasteiger partial charge in [0.2, 0.25) is 5.91 Å². The largest absolute Gasteiger partial charge is 0.378 e. The fourth-order valence-electron chi connectivity index (χ4n) is 2.98. The summed E-state index contributed by atoms with van der Waals surface area (Å²) in [4.78, 5) is 14.1. The van der Waals surface area contributed by atoms with Crippen LogP contribution in [-0.4, -0.2) is 51.6 Å². The van der Waals surface area contributed by atoms with E-state index >= 15 is 0 Å².